The van der Waals surface area contributed by atoms with Crippen molar-refractivity contribution in [2.75, 3.05) is 11.9 Å². The highest BCUT2D eigenvalue weighted by Gasteiger charge is 2.12. The van der Waals surface area contributed by atoms with Gasteiger partial charge < -0.3 is 4.90 Å². The number of hydrogen-bond donors (Lipinski definition) is 0. The summed E-state index contributed by atoms with van der Waals surface area (Å²) >= 11 is 12.2. The predicted octanol–water partition coefficient (Wildman–Crippen LogP) is 5.03. The Kier molecular flexibility index (Phi) is 4.60. The average Bonchev–Trinajstić information content (AvgIpc) is 2.92. The van der Waals surface area contributed by atoms with Crippen LogP contribution in [0.2, 0.25) is 10.0 Å². The van der Waals surface area contributed by atoms with Crippen LogP contribution in [0.4, 0.5) is 5.82 Å². The zero-order valence-electron chi connectivity index (χ0n) is 13.0. The van der Waals surface area contributed by atoms with Crippen molar-refractivity contribution in [1.82, 2.24) is 9.78 Å². The minimum atomic E-state index is 0.721. The molecule has 0 saturated carbocycles. The van der Waals surface area contributed by atoms with E-state index < -0.39 is 0 Å². The maximum absolute atomic E-state index is 6.25. The Morgan fingerprint density at radius 2 is 1.74 bits per heavy atom. The van der Waals surface area contributed by atoms with Crippen molar-refractivity contribution in [3.8, 4) is 11.3 Å². The second-order valence-corrected chi connectivity index (χ2v) is 6.31. The van der Waals surface area contributed by atoms with Crippen molar-refractivity contribution in [2.24, 2.45) is 7.05 Å². The predicted molar refractivity (Wildman–Crippen MR) is 97.2 cm³/mol. The normalized spacial score (nSPS) is 10.8. The summed E-state index contributed by atoms with van der Waals surface area (Å²) < 4.78 is 1.88. The van der Waals surface area contributed by atoms with Crippen LogP contribution in [-0.4, -0.2) is 16.8 Å². The summed E-state index contributed by atoms with van der Waals surface area (Å²) in [5, 5.41) is 6.09. The Morgan fingerprint density at radius 1 is 1.04 bits per heavy atom. The van der Waals surface area contributed by atoms with Crippen molar-refractivity contribution >= 4 is 29.0 Å². The van der Waals surface area contributed by atoms with E-state index in [0.29, 0.717) is 0 Å². The third-order valence-corrected chi connectivity index (χ3v) is 4.37. The van der Waals surface area contributed by atoms with E-state index in [9.17, 15) is 0 Å². The first kappa shape index (κ1) is 15.9. The molecule has 3 rings (SSSR count). The molecule has 2 aromatic carbocycles. The fourth-order valence-electron chi connectivity index (χ4n) is 2.54. The van der Waals surface area contributed by atoms with E-state index in [1.165, 1.54) is 0 Å². The number of benzene rings is 2. The molecular formula is C18H17Cl2N3. The standard InChI is InChI=1S/C18H17Cl2N3/c1-22(12-14-5-3-4-6-16(14)20)18-11-17(21-23(18)2)13-7-9-15(19)10-8-13/h3-11H,12H2,1-2H3. The molecule has 1 heterocycles. The highest BCUT2D eigenvalue weighted by atomic mass is 35.5. The van der Waals surface area contributed by atoms with Crippen LogP contribution in [0.5, 0.6) is 0 Å². The van der Waals surface area contributed by atoms with Crippen molar-refractivity contribution in [2.45, 2.75) is 6.54 Å². The first-order valence-corrected chi connectivity index (χ1v) is 8.04. The molecule has 0 saturated heterocycles. The zero-order valence-corrected chi connectivity index (χ0v) is 14.5. The van der Waals surface area contributed by atoms with Crippen LogP contribution in [0.25, 0.3) is 11.3 Å². The summed E-state index contributed by atoms with van der Waals surface area (Å²) in [5.74, 6) is 1.02. The Bertz CT molecular complexity index is 809. The maximum Gasteiger partial charge on any atom is 0.127 e. The van der Waals surface area contributed by atoms with E-state index in [2.05, 4.69) is 16.1 Å². The van der Waals surface area contributed by atoms with Crippen molar-refractivity contribution in [3.63, 3.8) is 0 Å². The summed E-state index contributed by atoms with van der Waals surface area (Å²) in [6.07, 6.45) is 0. The van der Waals surface area contributed by atoms with Gasteiger partial charge in [0.25, 0.3) is 0 Å². The molecule has 0 fully saturated rings. The Hall–Kier alpha value is -1.97. The van der Waals surface area contributed by atoms with Gasteiger partial charge in [0.15, 0.2) is 0 Å². The Labute approximate surface area is 146 Å². The molecule has 0 aliphatic heterocycles. The fourth-order valence-corrected chi connectivity index (χ4v) is 2.86. The maximum atomic E-state index is 6.25. The van der Waals surface area contributed by atoms with Gasteiger partial charge in [-0.2, -0.15) is 5.10 Å². The van der Waals surface area contributed by atoms with E-state index in [0.717, 1.165) is 39.2 Å². The number of hydrogen-bond acceptors (Lipinski definition) is 2. The molecule has 1 aromatic heterocycles. The topological polar surface area (TPSA) is 21.1 Å². The van der Waals surface area contributed by atoms with E-state index in [4.69, 9.17) is 23.2 Å². The molecule has 0 radical (unpaired) electrons. The SMILES string of the molecule is CN(Cc1ccccc1Cl)c1cc(-c2ccc(Cl)cc2)nn1C. The third-order valence-electron chi connectivity index (χ3n) is 3.75. The monoisotopic (exact) mass is 345 g/mol. The lowest BCUT2D eigenvalue weighted by atomic mass is 10.1. The second-order valence-electron chi connectivity index (χ2n) is 5.47. The van der Waals surface area contributed by atoms with Crippen LogP contribution in [-0.2, 0) is 13.6 Å². The van der Waals surface area contributed by atoms with Gasteiger partial charge in [0, 0.05) is 42.3 Å². The van der Waals surface area contributed by atoms with E-state index in [-0.39, 0.29) is 0 Å². The Morgan fingerprint density at radius 3 is 2.43 bits per heavy atom. The van der Waals surface area contributed by atoms with Gasteiger partial charge in [-0.1, -0.05) is 53.5 Å². The van der Waals surface area contributed by atoms with Crippen LogP contribution < -0.4 is 4.90 Å². The molecule has 23 heavy (non-hydrogen) atoms. The molecule has 3 nitrogen and oxygen atoms in total. The smallest absolute Gasteiger partial charge is 0.127 e. The molecule has 0 aliphatic rings. The van der Waals surface area contributed by atoms with Gasteiger partial charge in [0.2, 0.25) is 0 Å². The van der Waals surface area contributed by atoms with Crippen LogP contribution in [0.1, 0.15) is 5.56 Å². The molecule has 0 bridgehead atoms. The third kappa shape index (κ3) is 3.52. The van der Waals surface area contributed by atoms with Crippen LogP contribution in [0, 0.1) is 0 Å². The van der Waals surface area contributed by atoms with Gasteiger partial charge in [-0.15, -0.1) is 0 Å². The van der Waals surface area contributed by atoms with Crippen molar-refractivity contribution in [3.05, 3.63) is 70.2 Å². The van der Waals surface area contributed by atoms with E-state index >= 15 is 0 Å². The highest BCUT2D eigenvalue weighted by Crippen LogP contribution is 2.26. The molecular weight excluding hydrogens is 329 g/mol. The van der Waals surface area contributed by atoms with Crippen LogP contribution in [0.3, 0.4) is 0 Å². The summed E-state index contributed by atoms with van der Waals surface area (Å²) in [6.45, 7) is 0.721. The number of aryl methyl sites for hydroxylation is 1. The van der Waals surface area contributed by atoms with Crippen molar-refractivity contribution in [1.29, 1.82) is 0 Å². The van der Waals surface area contributed by atoms with Crippen molar-refractivity contribution < 1.29 is 0 Å². The van der Waals surface area contributed by atoms with Gasteiger partial charge in [0.05, 0.1) is 5.69 Å². The zero-order chi connectivity index (χ0) is 16.4. The highest BCUT2D eigenvalue weighted by molar-refractivity contribution is 6.31. The second kappa shape index (κ2) is 6.65. The summed E-state index contributed by atoms with van der Waals surface area (Å²) in [7, 11) is 3.98. The number of anilines is 1. The van der Waals surface area contributed by atoms with E-state index in [1.807, 2.05) is 67.3 Å². The number of nitrogens with zero attached hydrogens (tertiary/aromatic N) is 3. The summed E-state index contributed by atoms with van der Waals surface area (Å²) in [5.41, 5.74) is 3.05. The van der Waals surface area contributed by atoms with Gasteiger partial charge >= 0.3 is 0 Å². The minimum Gasteiger partial charge on any atom is -0.355 e. The molecule has 5 heteroatoms. The Balaban J connectivity index is 1.86. The molecule has 0 unspecified atom stereocenters. The number of aromatic nitrogens is 2. The van der Waals surface area contributed by atoms with Gasteiger partial charge in [-0.3, -0.25) is 4.68 Å². The minimum absolute atomic E-state index is 0.721. The average molecular weight is 346 g/mol. The molecule has 0 aliphatic carbocycles. The lowest BCUT2D eigenvalue weighted by Gasteiger charge is -2.19. The van der Waals surface area contributed by atoms with Gasteiger partial charge in [-0.25, -0.2) is 0 Å². The quantitative estimate of drug-likeness (QED) is 0.661. The molecule has 0 atom stereocenters. The first-order valence-electron chi connectivity index (χ1n) is 7.29. The lowest BCUT2D eigenvalue weighted by molar-refractivity contribution is 0.736. The molecule has 0 N–H and O–H groups in total. The number of halogens is 2. The van der Waals surface area contributed by atoms with Gasteiger partial charge in [0.1, 0.15) is 5.82 Å². The molecule has 0 amide bonds. The lowest BCUT2D eigenvalue weighted by Crippen LogP contribution is -2.19. The van der Waals surface area contributed by atoms with E-state index in [1.54, 1.807) is 0 Å². The number of rotatable bonds is 4. The van der Waals surface area contributed by atoms with Crippen LogP contribution >= 0.6 is 23.2 Å². The van der Waals surface area contributed by atoms with Crippen LogP contribution in [0.15, 0.2) is 54.6 Å². The molecule has 3 aromatic rings. The molecule has 0 spiro atoms. The first-order chi connectivity index (χ1) is 11.0. The summed E-state index contributed by atoms with van der Waals surface area (Å²) in [6, 6.07) is 17.6. The largest absolute Gasteiger partial charge is 0.355 e. The summed E-state index contributed by atoms with van der Waals surface area (Å²) in [4.78, 5) is 2.13. The molecule has 118 valence electrons. The van der Waals surface area contributed by atoms with Gasteiger partial charge in [-0.05, 0) is 23.8 Å². The fraction of sp³-hybridized carbons (Fsp3) is 0.167.